The van der Waals surface area contributed by atoms with Crippen molar-refractivity contribution in [1.29, 1.82) is 0 Å². The number of halogens is 3. The summed E-state index contributed by atoms with van der Waals surface area (Å²) in [7, 11) is 3.43. The number of nitrogens with zero attached hydrogens (tertiary/aromatic N) is 3. The predicted molar refractivity (Wildman–Crippen MR) is 85.1 cm³/mol. The Kier molecular flexibility index (Phi) is 5.22. The molecule has 0 aliphatic carbocycles. The van der Waals surface area contributed by atoms with Gasteiger partial charge in [-0.2, -0.15) is 0 Å². The number of amides is 1. The molecule has 0 spiro atoms. The van der Waals surface area contributed by atoms with E-state index in [1.165, 1.54) is 11.0 Å². The van der Waals surface area contributed by atoms with Crippen LogP contribution in [0, 0.1) is 5.82 Å². The van der Waals surface area contributed by atoms with Crippen LogP contribution in [0.2, 0.25) is 0 Å². The van der Waals surface area contributed by atoms with Gasteiger partial charge in [-0.15, -0.1) is 11.6 Å². The minimum Gasteiger partial charge on any atom is -0.349 e. The second kappa shape index (κ2) is 6.75. The molecule has 1 aromatic carbocycles. The second-order valence-electron chi connectivity index (χ2n) is 4.91. The van der Waals surface area contributed by atoms with E-state index in [0.29, 0.717) is 40.8 Å². The second-order valence-corrected chi connectivity index (χ2v) is 6.14. The lowest BCUT2D eigenvalue weighted by Crippen LogP contribution is -2.23. The summed E-state index contributed by atoms with van der Waals surface area (Å²) >= 11 is 8.96. The van der Waals surface area contributed by atoms with Crippen LogP contribution in [0.25, 0.3) is 11.0 Å². The summed E-state index contributed by atoms with van der Waals surface area (Å²) in [5.74, 6) is 0.865. The lowest BCUT2D eigenvalue weighted by molar-refractivity contribution is -0.128. The van der Waals surface area contributed by atoms with Gasteiger partial charge in [0.05, 0.1) is 15.5 Å². The first-order chi connectivity index (χ1) is 9.93. The zero-order chi connectivity index (χ0) is 15.6. The maximum absolute atomic E-state index is 13.8. The number of hydrogen-bond donors (Lipinski definition) is 0. The van der Waals surface area contributed by atoms with Gasteiger partial charge in [-0.25, -0.2) is 9.37 Å². The summed E-state index contributed by atoms with van der Waals surface area (Å²) in [5.41, 5.74) is 1.38. The van der Waals surface area contributed by atoms with E-state index in [-0.39, 0.29) is 11.7 Å². The first kappa shape index (κ1) is 16.2. The Morgan fingerprint density at radius 3 is 2.81 bits per heavy atom. The van der Waals surface area contributed by atoms with Crippen LogP contribution in [-0.4, -0.2) is 40.3 Å². The number of benzene rings is 1. The molecular formula is C14H16BrClFN3O. The highest BCUT2D eigenvalue weighted by Crippen LogP contribution is 2.25. The molecule has 114 valence electrons. The molecule has 21 heavy (non-hydrogen) atoms. The normalized spacial score (nSPS) is 11.1. The molecule has 2 aromatic rings. The van der Waals surface area contributed by atoms with Crippen LogP contribution in [0.3, 0.4) is 0 Å². The fourth-order valence-electron chi connectivity index (χ4n) is 2.13. The van der Waals surface area contributed by atoms with Crippen molar-refractivity contribution in [3.63, 3.8) is 0 Å². The van der Waals surface area contributed by atoms with Gasteiger partial charge in [-0.05, 0) is 22.0 Å². The first-order valence-electron chi connectivity index (χ1n) is 6.54. The van der Waals surface area contributed by atoms with Crippen molar-refractivity contribution in [1.82, 2.24) is 14.5 Å². The molecule has 0 fully saturated rings. The van der Waals surface area contributed by atoms with E-state index in [4.69, 9.17) is 11.6 Å². The lowest BCUT2D eigenvalue weighted by atomic mass is 10.3. The Labute approximate surface area is 136 Å². The van der Waals surface area contributed by atoms with E-state index >= 15 is 0 Å². The molecule has 0 aliphatic heterocycles. The fourth-order valence-corrected chi connectivity index (χ4v) is 2.63. The van der Waals surface area contributed by atoms with Gasteiger partial charge in [0, 0.05) is 45.4 Å². The molecule has 0 N–H and O–H groups in total. The third-order valence-corrected chi connectivity index (χ3v) is 4.03. The van der Waals surface area contributed by atoms with Crippen LogP contribution in [-0.2, 0) is 17.8 Å². The molecule has 0 bridgehead atoms. The highest BCUT2D eigenvalue weighted by Gasteiger charge is 2.14. The van der Waals surface area contributed by atoms with Crippen molar-refractivity contribution in [2.24, 2.45) is 0 Å². The van der Waals surface area contributed by atoms with E-state index in [0.717, 1.165) is 5.82 Å². The summed E-state index contributed by atoms with van der Waals surface area (Å²) in [5, 5.41) is 0. The maximum Gasteiger partial charge on any atom is 0.223 e. The molecule has 0 atom stereocenters. The van der Waals surface area contributed by atoms with Crippen molar-refractivity contribution >= 4 is 44.5 Å². The number of aryl methyl sites for hydroxylation is 2. The zero-order valence-corrected chi connectivity index (χ0v) is 14.2. The highest BCUT2D eigenvalue weighted by atomic mass is 79.9. The summed E-state index contributed by atoms with van der Waals surface area (Å²) in [6.45, 7) is 0.459. The fraction of sp³-hybridized carbons (Fsp3) is 0.429. The Morgan fingerprint density at radius 1 is 1.48 bits per heavy atom. The van der Waals surface area contributed by atoms with E-state index in [2.05, 4.69) is 20.9 Å². The van der Waals surface area contributed by atoms with E-state index in [1.54, 1.807) is 20.2 Å². The Hall–Kier alpha value is -1.14. The summed E-state index contributed by atoms with van der Waals surface area (Å²) in [6.07, 6.45) is 0.914. The van der Waals surface area contributed by atoms with Crippen LogP contribution in [0.4, 0.5) is 4.39 Å². The summed E-state index contributed by atoms with van der Waals surface area (Å²) in [6, 6.07) is 3.08. The van der Waals surface area contributed by atoms with Gasteiger partial charge >= 0.3 is 0 Å². The number of aromatic nitrogens is 2. The van der Waals surface area contributed by atoms with Crippen molar-refractivity contribution in [2.45, 2.75) is 19.4 Å². The van der Waals surface area contributed by atoms with E-state index in [1.807, 2.05) is 4.57 Å². The molecule has 0 saturated heterocycles. The number of fused-ring (bicyclic) bond motifs is 1. The predicted octanol–water partition coefficient (Wildman–Crippen LogP) is 3.20. The number of hydrogen-bond acceptors (Lipinski definition) is 2. The Bertz CT molecular complexity index is 672. The molecule has 0 radical (unpaired) electrons. The minimum absolute atomic E-state index is 0.0197. The smallest absolute Gasteiger partial charge is 0.223 e. The topological polar surface area (TPSA) is 38.1 Å². The molecule has 4 nitrogen and oxygen atoms in total. The number of rotatable bonds is 5. The highest BCUT2D eigenvalue weighted by molar-refractivity contribution is 9.10. The van der Waals surface area contributed by atoms with Gasteiger partial charge in [-0.1, -0.05) is 0 Å². The van der Waals surface area contributed by atoms with Crippen molar-refractivity contribution in [2.75, 3.05) is 20.0 Å². The standard InChI is InChI=1S/C14H16BrClFN3O/c1-19(2)14(21)4-6-20-12-8-10(17)9(15)7-11(12)18-13(20)3-5-16/h7-8H,3-6H2,1-2H3. The zero-order valence-electron chi connectivity index (χ0n) is 11.9. The van der Waals surface area contributed by atoms with Gasteiger partial charge in [-0.3, -0.25) is 4.79 Å². The van der Waals surface area contributed by atoms with Crippen molar-refractivity contribution < 1.29 is 9.18 Å². The summed E-state index contributed by atoms with van der Waals surface area (Å²) in [4.78, 5) is 17.8. The SMILES string of the molecule is CN(C)C(=O)CCn1c(CCCl)nc2cc(Br)c(F)cc21. The quantitative estimate of drug-likeness (QED) is 0.752. The van der Waals surface area contributed by atoms with Crippen molar-refractivity contribution in [3.05, 3.63) is 28.2 Å². The van der Waals surface area contributed by atoms with Crippen LogP contribution < -0.4 is 0 Å². The molecule has 7 heteroatoms. The molecule has 1 amide bonds. The first-order valence-corrected chi connectivity index (χ1v) is 7.87. The minimum atomic E-state index is -0.347. The molecule has 0 saturated carbocycles. The molecule has 1 aromatic heterocycles. The van der Waals surface area contributed by atoms with Gasteiger partial charge in [0.25, 0.3) is 0 Å². The van der Waals surface area contributed by atoms with Crippen LogP contribution >= 0.6 is 27.5 Å². The monoisotopic (exact) mass is 375 g/mol. The molecular weight excluding hydrogens is 361 g/mol. The van der Waals surface area contributed by atoms with Gasteiger partial charge in [0.15, 0.2) is 0 Å². The number of alkyl halides is 1. The lowest BCUT2D eigenvalue weighted by Gasteiger charge is -2.12. The van der Waals surface area contributed by atoms with Crippen LogP contribution in [0.15, 0.2) is 16.6 Å². The van der Waals surface area contributed by atoms with Gasteiger partial charge in [0.1, 0.15) is 11.6 Å². The van der Waals surface area contributed by atoms with E-state index < -0.39 is 0 Å². The van der Waals surface area contributed by atoms with Gasteiger partial charge < -0.3 is 9.47 Å². The Balaban J connectivity index is 2.40. The molecule has 2 rings (SSSR count). The number of carbonyl (C=O) groups is 1. The third-order valence-electron chi connectivity index (χ3n) is 3.24. The summed E-state index contributed by atoms with van der Waals surface area (Å²) < 4.78 is 16.0. The maximum atomic E-state index is 13.8. The largest absolute Gasteiger partial charge is 0.349 e. The Morgan fingerprint density at radius 2 is 2.19 bits per heavy atom. The average molecular weight is 377 g/mol. The average Bonchev–Trinajstić information content (AvgIpc) is 2.74. The van der Waals surface area contributed by atoms with Crippen LogP contribution in [0.5, 0.6) is 0 Å². The van der Waals surface area contributed by atoms with Gasteiger partial charge in [0.2, 0.25) is 5.91 Å². The number of imidazole rings is 1. The molecule has 0 unspecified atom stereocenters. The third kappa shape index (κ3) is 3.55. The van der Waals surface area contributed by atoms with E-state index in [9.17, 15) is 9.18 Å². The van der Waals surface area contributed by atoms with Crippen molar-refractivity contribution in [3.8, 4) is 0 Å². The molecule has 0 aliphatic rings. The molecule has 1 heterocycles. The van der Waals surface area contributed by atoms with Crippen LogP contribution in [0.1, 0.15) is 12.2 Å². The number of carbonyl (C=O) groups excluding carboxylic acids is 1.